The first-order valence-electron chi connectivity index (χ1n) is 6.12. The Bertz CT molecular complexity index is 438. The van der Waals surface area contributed by atoms with Crippen LogP contribution in [-0.2, 0) is 11.2 Å². The molecule has 0 aliphatic carbocycles. The molecule has 1 aromatic rings. The van der Waals surface area contributed by atoms with Gasteiger partial charge in [-0.2, -0.15) is 0 Å². The summed E-state index contributed by atoms with van der Waals surface area (Å²) in [6.07, 6.45) is 3.75. The molecule has 1 saturated heterocycles. The largest absolute Gasteiger partial charge is 0.367 e. The molecule has 0 amide bonds. The molecule has 0 saturated carbocycles. The summed E-state index contributed by atoms with van der Waals surface area (Å²) in [6, 6.07) is 7.17. The van der Waals surface area contributed by atoms with Gasteiger partial charge in [-0.25, -0.2) is 0 Å². The topological polar surface area (TPSA) is 20.3 Å². The van der Waals surface area contributed by atoms with E-state index < -0.39 is 0 Å². The van der Waals surface area contributed by atoms with E-state index in [1.165, 1.54) is 16.8 Å². The first-order chi connectivity index (χ1) is 7.74. The van der Waals surface area contributed by atoms with E-state index >= 15 is 0 Å². The number of hydrogen-bond donors (Lipinski definition) is 0. The molecule has 2 aliphatic heterocycles. The fourth-order valence-corrected chi connectivity index (χ4v) is 2.99. The van der Waals surface area contributed by atoms with Crippen LogP contribution >= 0.6 is 0 Å². The van der Waals surface area contributed by atoms with Crippen molar-refractivity contribution in [3.05, 3.63) is 29.3 Å². The van der Waals surface area contributed by atoms with E-state index in [0.717, 1.165) is 32.2 Å². The lowest BCUT2D eigenvalue weighted by Crippen LogP contribution is -2.45. The molecule has 2 nitrogen and oxygen atoms in total. The van der Waals surface area contributed by atoms with Crippen LogP contribution in [0.5, 0.6) is 0 Å². The van der Waals surface area contributed by atoms with Crippen molar-refractivity contribution in [1.29, 1.82) is 0 Å². The molecule has 1 unspecified atom stereocenters. The molecule has 2 heteroatoms. The SMILES string of the molecule is Cc1ccc2c(c1)CCC1CC(=O)CCN21. The van der Waals surface area contributed by atoms with Crippen molar-refractivity contribution < 1.29 is 4.79 Å². The number of carbonyl (C=O) groups excluding carboxylic acids is 1. The minimum absolute atomic E-state index is 0.441. The van der Waals surface area contributed by atoms with Crippen molar-refractivity contribution in [3.63, 3.8) is 0 Å². The first kappa shape index (κ1) is 9.88. The van der Waals surface area contributed by atoms with Crippen molar-refractivity contribution in [2.45, 2.75) is 38.6 Å². The van der Waals surface area contributed by atoms with Crippen LogP contribution < -0.4 is 4.90 Å². The van der Waals surface area contributed by atoms with Crippen LogP contribution in [-0.4, -0.2) is 18.4 Å². The van der Waals surface area contributed by atoms with Gasteiger partial charge in [-0.1, -0.05) is 17.7 Å². The number of nitrogens with zero attached hydrogens (tertiary/aromatic N) is 1. The fraction of sp³-hybridized carbons (Fsp3) is 0.500. The lowest BCUT2D eigenvalue weighted by molar-refractivity contribution is -0.120. The number of piperidine rings is 1. The molecule has 0 N–H and O–H groups in total. The van der Waals surface area contributed by atoms with Gasteiger partial charge in [-0.15, -0.1) is 0 Å². The molecule has 3 rings (SSSR count). The molecule has 0 bridgehead atoms. The Morgan fingerprint density at radius 3 is 3.06 bits per heavy atom. The summed E-state index contributed by atoms with van der Waals surface area (Å²) >= 11 is 0. The number of Topliss-reactive ketones (excluding diaryl/α,β-unsaturated/α-hetero) is 1. The standard InChI is InChI=1S/C14H17NO/c1-10-2-5-14-11(8-10)3-4-12-9-13(16)6-7-15(12)14/h2,5,8,12H,3-4,6-7,9H2,1H3. The molecule has 1 fully saturated rings. The van der Waals surface area contributed by atoms with E-state index in [4.69, 9.17) is 0 Å². The maximum atomic E-state index is 11.5. The predicted octanol–water partition coefficient (Wildman–Crippen LogP) is 2.48. The molecule has 0 aromatic heterocycles. The average Bonchev–Trinajstić information content (AvgIpc) is 2.28. The zero-order valence-electron chi connectivity index (χ0n) is 9.70. The number of aryl methyl sites for hydroxylation is 2. The van der Waals surface area contributed by atoms with Gasteiger partial charge < -0.3 is 4.90 Å². The fourth-order valence-electron chi connectivity index (χ4n) is 2.99. The van der Waals surface area contributed by atoms with E-state index in [0.29, 0.717) is 11.8 Å². The molecule has 0 spiro atoms. The Labute approximate surface area is 96.3 Å². The van der Waals surface area contributed by atoms with Crippen LogP contribution in [0.1, 0.15) is 30.4 Å². The van der Waals surface area contributed by atoms with Crippen molar-refractivity contribution in [3.8, 4) is 0 Å². The van der Waals surface area contributed by atoms with Crippen molar-refractivity contribution >= 4 is 11.5 Å². The van der Waals surface area contributed by atoms with Gasteiger partial charge in [0.25, 0.3) is 0 Å². The Kier molecular flexibility index (Phi) is 2.23. The summed E-state index contributed by atoms with van der Waals surface area (Å²) in [5, 5.41) is 0. The molecule has 1 aromatic carbocycles. The molecule has 84 valence electrons. The number of fused-ring (bicyclic) bond motifs is 3. The molecule has 0 radical (unpaired) electrons. The monoisotopic (exact) mass is 215 g/mol. The second-order valence-electron chi connectivity index (χ2n) is 5.01. The molecule has 16 heavy (non-hydrogen) atoms. The highest BCUT2D eigenvalue weighted by Gasteiger charge is 2.31. The Morgan fingerprint density at radius 1 is 1.31 bits per heavy atom. The zero-order valence-corrected chi connectivity index (χ0v) is 9.70. The second-order valence-corrected chi connectivity index (χ2v) is 5.01. The highest BCUT2D eigenvalue weighted by atomic mass is 16.1. The number of rotatable bonds is 0. The summed E-state index contributed by atoms with van der Waals surface area (Å²) < 4.78 is 0. The Balaban J connectivity index is 1.97. The van der Waals surface area contributed by atoms with Gasteiger partial charge in [-0.05, 0) is 31.4 Å². The third-order valence-electron chi connectivity index (χ3n) is 3.83. The quantitative estimate of drug-likeness (QED) is 0.662. The third-order valence-corrected chi connectivity index (χ3v) is 3.83. The summed E-state index contributed by atoms with van der Waals surface area (Å²) in [6.45, 7) is 3.06. The van der Waals surface area contributed by atoms with Gasteiger partial charge in [-0.3, -0.25) is 4.79 Å². The highest BCUT2D eigenvalue weighted by Crippen LogP contribution is 2.34. The summed E-state index contributed by atoms with van der Waals surface area (Å²) in [5.74, 6) is 0.441. The molecule has 1 atom stereocenters. The van der Waals surface area contributed by atoms with Crippen LogP contribution in [0.4, 0.5) is 5.69 Å². The van der Waals surface area contributed by atoms with Crippen LogP contribution in [0.2, 0.25) is 0 Å². The number of ketones is 1. The second kappa shape index (κ2) is 3.62. The van der Waals surface area contributed by atoms with Crippen LogP contribution in [0.15, 0.2) is 18.2 Å². The highest BCUT2D eigenvalue weighted by molar-refractivity contribution is 5.82. The molecular weight excluding hydrogens is 198 g/mol. The average molecular weight is 215 g/mol. The molecule has 2 aliphatic rings. The minimum atomic E-state index is 0.441. The zero-order chi connectivity index (χ0) is 11.1. The van der Waals surface area contributed by atoms with E-state index in [-0.39, 0.29) is 0 Å². The van der Waals surface area contributed by atoms with Gasteiger partial charge in [0.1, 0.15) is 5.78 Å². The third kappa shape index (κ3) is 1.53. The molecule has 2 heterocycles. The first-order valence-corrected chi connectivity index (χ1v) is 6.12. The van der Waals surface area contributed by atoms with E-state index in [9.17, 15) is 4.79 Å². The summed E-state index contributed by atoms with van der Waals surface area (Å²) in [5.41, 5.74) is 4.17. The Morgan fingerprint density at radius 2 is 2.19 bits per heavy atom. The number of hydrogen-bond acceptors (Lipinski definition) is 2. The normalized spacial score (nSPS) is 23.9. The van der Waals surface area contributed by atoms with Crippen LogP contribution in [0.25, 0.3) is 0 Å². The van der Waals surface area contributed by atoms with Crippen LogP contribution in [0, 0.1) is 6.92 Å². The van der Waals surface area contributed by atoms with E-state index in [1.54, 1.807) is 0 Å². The van der Waals surface area contributed by atoms with E-state index in [1.807, 2.05) is 0 Å². The van der Waals surface area contributed by atoms with Crippen molar-refractivity contribution in [2.75, 3.05) is 11.4 Å². The van der Waals surface area contributed by atoms with Gasteiger partial charge in [0.15, 0.2) is 0 Å². The lowest BCUT2D eigenvalue weighted by Gasteiger charge is -2.41. The number of benzene rings is 1. The maximum absolute atomic E-state index is 11.5. The Hall–Kier alpha value is -1.31. The van der Waals surface area contributed by atoms with Gasteiger partial charge in [0.05, 0.1) is 0 Å². The van der Waals surface area contributed by atoms with Crippen molar-refractivity contribution in [1.82, 2.24) is 0 Å². The van der Waals surface area contributed by atoms with Gasteiger partial charge >= 0.3 is 0 Å². The maximum Gasteiger partial charge on any atom is 0.136 e. The number of carbonyl (C=O) groups is 1. The van der Waals surface area contributed by atoms with Gasteiger partial charge in [0.2, 0.25) is 0 Å². The van der Waals surface area contributed by atoms with E-state index in [2.05, 4.69) is 30.0 Å². The van der Waals surface area contributed by atoms with Gasteiger partial charge in [0, 0.05) is 31.1 Å². The smallest absolute Gasteiger partial charge is 0.136 e. The number of anilines is 1. The summed E-state index contributed by atoms with van der Waals surface area (Å²) in [4.78, 5) is 13.9. The predicted molar refractivity (Wildman–Crippen MR) is 64.9 cm³/mol. The minimum Gasteiger partial charge on any atom is -0.367 e. The van der Waals surface area contributed by atoms with Crippen molar-refractivity contribution in [2.24, 2.45) is 0 Å². The molecular formula is C14H17NO. The summed E-state index contributed by atoms with van der Waals surface area (Å²) in [7, 11) is 0. The van der Waals surface area contributed by atoms with Crippen LogP contribution in [0.3, 0.4) is 0 Å². The lowest BCUT2D eigenvalue weighted by atomic mass is 9.88.